The number of hydrogen-bond acceptors (Lipinski definition) is 4. The third-order valence-electron chi connectivity index (χ3n) is 4.88. The molecule has 5 heteroatoms. The van der Waals surface area contributed by atoms with Crippen molar-refractivity contribution in [1.29, 1.82) is 0 Å². The smallest absolute Gasteiger partial charge is 0.320 e. The predicted octanol–water partition coefficient (Wildman–Crippen LogP) is 1.88. The first kappa shape index (κ1) is 16.7. The molecule has 0 radical (unpaired) electrons. The Labute approximate surface area is 127 Å². The molecule has 1 heterocycles. The van der Waals surface area contributed by atoms with Gasteiger partial charge in [-0.05, 0) is 31.6 Å². The molecule has 0 spiro atoms. The second kappa shape index (κ2) is 8.11. The maximum atomic E-state index is 11.5. The zero-order valence-corrected chi connectivity index (χ0v) is 13.0. The van der Waals surface area contributed by atoms with Crippen molar-refractivity contribution in [2.45, 2.75) is 70.1 Å². The maximum absolute atomic E-state index is 11.5. The van der Waals surface area contributed by atoms with Crippen molar-refractivity contribution in [3.05, 3.63) is 0 Å². The number of aliphatic hydroxyl groups is 1. The van der Waals surface area contributed by atoms with Crippen LogP contribution in [0.15, 0.2) is 0 Å². The second-order valence-corrected chi connectivity index (χ2v) is 6.48. The summed E-state index contributed by atoms with van der Waals surface area (Å²) in [6.07, 6.45) is 6.81. The molecule has 2 fully saturated rings. The standard InChI is InChI=1S/C16H29NO4/c1-2-3-8-21-11-13(18)10-17-14-7-5-4-6-12(14)9-15(17)16(19)20/h12-15,18H,2-11H2,1H3,(H,19,20). The number of nitrogens with zero attached hydrogens (tertiary/aromatic N) is 1. The van der Waals surface area contributed by atoms with Gasteiger partial charge in [0, 0.05) is 19.2 Å². The first-order chi connectivity index (χ1) is 10.1. The molecule has 5 nitrogen and oxygen atoms in total. The number of likely N-dealkylation sites (tertiary alicyclic amines) is 1. The van der Waals surface area contributed by atoms with Crippen molar-refractivity contribution in [2.24, 2.45) is 5.92 Å². The molecule has 2 N–H and O–H groups in total. The molecule has 21 heavy (non-hydrogen) atoms. The van der Waals surface area contributed by atoms with Gasteiger partial charge in [-0.2, -0.15) is 0 Å². The van der Waals surface area contributed by atoms with Crippen LogP contribution in [0.4, 0.5) is 0 Å². The first-order valence-corrected chi connectivity index (χ1v) is 8.37. The minimum atomic E-state index is -0.747. The van der Waals surface area contributed by atoms with E-state index in [0.29, 0.717) is 31.7 Å². The van der Waals surface area contributed by atoms with Gasteiger partial charge in [0.25, 0.3) is 0 Å². The molecule has 1 aliphatic carbocycles. The number of β-amino-alcohol motifs (C(OH)–C–C–N with tert-alkyl or cyclic N) is 1. The van der Waals surface area contributed by atoms with Crippen molar-refractivity contribution < 1.29 is 19.7 Å². The average molecular weight is 299 g/mol. The minimum Gasteiger partial charge on any atom is -0.480 e. The molecule has 0 aromatic carbocycles. The van der Waals surface area contributed by atoms with Gasteiger partial charge in [-0.3, -0.25) is 9.69 Å². The van der Waals surface area contributed by atoms with Crippen LogP contribution in [-0.2, 0) is 9.53 Å². The van der Waals surface area contributed by atoms with E-state index >= 15 is 0 Å². The lowest BCUT2D eigenvalue weighted by Crippen LogP contribution is -2.47. The van der Waals surface area contributed by atoms with Crippen molar-refractivity contribution in [3.63, 3.8) is 0 Å². The van der Waals surface area contributed by atoms with Gasteiger partial charge in [0.1, 0.15) is 6.04 Å². The van der Waals surface area contributed by atoms with E-state index in [9.17, 15) is 15.0 Å². The first-order valence-electron chi connectivity index (χ1n) is 8.37. The van der Waals surface area contributed by atoms with Crippen LogP contribution in [0.3, 0.4) is 0 Å². The molecule has 1 saturated heterocycles. The number of aliphatic carboxylic acids is 1. The number of rotatable bonds is 8. The van der Waals surface area contributed by atoms with E-state index in [-0.39, 0.29) is 0 Å². The van der Waals surface area contributed by atoms with E-state index in [4.69, 9.17) is 4.74 Å². The maximum Gasteiger partial charge on any atom is 0.320 e. The summed E-state index contributed by atoms with van der Waals surface area (Å²) in [5.74, 6) is -0.253. The fourth-order valence-electron chi connectivity index (χ4n) is 3.82. The van der Waals surface area contributed by atoms with Crippen molar-refractivity contribution in [3.8, 4) is 0 Å². The molecular formula is C16H29NO4. The summed E-state index contributed by atoms with van der Waals surface area (Å²) < 4.78 is 5.45. The highest BCUT2D eigenvalue weighted by molar-refractivity contribution is 5.74. The largest absolute Gasteiger partial charge is 0.480 e. The fraction of sp³-hybridized carbons (Fsp3) is 0.938. The normalized spacial score (nSPS) is 31.0. The van der Waals surface area contributed by atoms with Crippen molar-refractivity contribution in [1.82, 2.24) is 4.90 Å². The summed E-state index contributed by atoms with van der Waals surface area (Å²) in [7, 11) is 0. The Morgan fingerprint density at radius 3 is 2.86 bits per heavy atom. The van der Waals surface area contributed by atoms with E-state index in [1.807, 2.05) is 4.90 Å². The zero-order chi connectivity index (χ0) is 15.2. The Kier molecular flexibility index (Phi) is 6.45. The summed E-state index contributed by atoms with van der Waals surface area (Å²) in [5.41, 5.74) is 0. The van der Waals surface area contributed by atoms with Crippen LogP contribution >= 0.6 is 0 Å². The number of carboxylic acid groups (broad SMARTS) is 1. The monoisotopic (exact) mass is 299 g/mol. The van der Waals surface area contributed by atoms with E-state index in [2.05, 4.69) is 6.92 Å². The third-order valence-corrected chi connectivity index (χ3v) is 4.88. The van der Waals surface area contributed by atoms with Crippen molar-refractivity contribution >= 4 is 5.97 Å². The molecular weight excluding hydrogens is 270 g/mol. The van der Waals surface area contributed by atoms with Crippen LogP contribution in [0.25, 0.3) is 0 Å². The fourth-order valence-corrected chi connectivity index (χ4v) is 3.82. The summed E-state index contributed by atoms with van der Waals surface area (Å²) in [6.45, 7) is 3.50. The molecule has 1 saturated carbocycles. The molecule has 122 valence electrons. The highest BCUT2D eigenvalue weighted by Crippen LogP contribution is 2.39. The molecule has 1 aliphatic heterocycles. The number of hydrogen-bond donors (Lipinski definition) is 2. The van der Waals surface area contributed by atoms with Crippen LogP contribution < -0.4 is 0 Å². The summed E-state index contributed by atoms with van der Waals surface area (Å²) >= 11 is 0. The van der Waals surface area contributed by atoms with Gasteiger partial charge < -0.3 is 14.9 Å². The van der Waals surface area contributed by atoms with E-state index in [0.717, 1.165) is 32.1 Å². The number of unbranched alkanes of at least 4 members (excludes halogenated alkanes) is 1. The molecule has 2 aliphatic rings. The van der Waals surface area contributed by atoms with Gasteiger partial charge >= 0.3 is 5.97 Å². The summed E-state index contributed by atoms with van der Waals surface area (Å²) in [4.78, 5) is 13.5. The third kappa shape index (κ3) is 4.41. The molecule has 4 unspecified atom stereocenters. The summed E-state index contributed by atoms with van der Waals surface area (Å²) in [6, 6.07) is -0.0893. The second-order valence-electron chi connectivity index (χ2n) is 6.48. The lowest BCUT2D eigenvalue weighted by molar-refractivity contribution is -0.143. The zero-order valence-electron chi connectivity index (χ0n) is 13.0. The number of carbonyl (C=O) groups is 1. The lowest BCUT2D eigenvalue weighted by atomic mass is 9.85. The number of carboxylic acids is 1. The van der Waals surface area contributed by atoms with E-state index < -0.39 is 18.1 Å². The van der Waals surface area contributed by atoms with Crippen LogP contribution in [-0.4, -0.2) is 59.0 Å². The molecule has 0 aromatic rings. The Morgan fingerprint density at radius 1 is 1.38 bits per heavy atom. The van der Waals surface area contributed by atoms with Crippen LogP contribution in [0.1, 0.15) is 51.9 Å². The highest BCUT2D eigenvalue weighted by atomic mass is 16.5. The van der Waals surface area contributed by atoms with Crippen LogP contribution in [0.2, 0.25) is 0 Å². The Morgan fingerprint density at radius 2 is 2.14 bits per heavy atom. The minimum absolute atomic E-state index is 0.306. The van der Waals surface area contributed by atoms with Gasteiger partial charge in [0.15, 0.2) is 0 Å². The van der Waals surface area contributed by atoms with Crippen LogP contribution in [0, 0.1) is 5.92 Å². The number of ether oxygens (including phenoxy) is 1. The van der Waals surface area contributed by atoms with Crippen LogP contribution in [0.5, 0.6) is 0 Å². The SMILES string of the molecule is CCCCOCC(O)CN1C(C(=O)O)CC2CCCCC21. The molecule has 4 atom stereocenters. The Balaban J connectivity index is 1.87. The average Bonchev–Trinajstić information content (AvgIpc) is 2.83. The van der Waals surface area contributed by atoms with E-state index in [1.165, 1.54) is 12.8 Å². The van der Waals surface area contributed by atoms with Gasteiger partial charge in [0.05, 0.1) is 12.7 Å². The Bertz CT molecular complexity index is 336. The number of fused-ring (bicyclic) bond motifs is 1. The molecule has 0 bridgehead atoms. The molecule has 0 amide bonds. The topological polar surface area (TPSA) is 70.0 Å². The number of aliphatic hydroxyl groups excluding tert-OH is 1. The molecule has 2 rings (SSSR count). The van der Waals surface area contributed by atoms with Gasteiger partial charge in [-0.1, -0.05) is 26.2 Å². The quantitative estimate of drug-likeness (QED) is 0.670. The van der Waals surface area contributed by atoms with E-state index in [1.54, 1.807) is 0 Å². The summed E-state index contributed by atoms with van der Waals surface area (Å²) in [5, 5.41) is 19.6. The highest BCUT2D eigenvalue weighted by Gasteiger charge is 2.45. The van der Waals surface area contributed by atoms with Gasteiger partial charge in [-0.25, -0.2) is 0 Å². The predicted molar refractivity (Wildman–Crippen MR) is 80.2 cm³/mol. The lowest BCUT2D eigenvalue weighted by Gasteiger charge is -2.34. The Hall–Kier alpha value is -0.650. The van der Waals surface area contributed by atoms with Crippen molar-refractivity contribution in [2.75, 3.05) is 19.8 Å². The van der Waals surface area contributed by atoms with Gasteiger partial charge in [-0.15, -0.1) is 0 Å². The molecule has 0 aromatic heterocycles. The van der Waals surface area contributed by atoms with Gasteiger partial charge in [0.2, 0.25) is 0 Å².